The maximum absolute atomic E-state index is 12.2. The summed E-state index contributed by atoms with van der Waals surface area (Å²) in [6.07, 6.45) is 0.799. The Kier molecular flexibility index (Phi) is 4.48. The normalized spacial score (nSPS) is 22.2. The zero-order valence-electron chi connectivity index (χ0n) is 14.2. The Balaban J connectivity index is 1.61. The Morgan fingerprint density at radius 3 is 2.57 bits per heavy atom. The Hall–Kier alpha value is -1.75. The molecule has 2 aliphatic heterocycles. The summed E-state index contributed by atoms with van der Waals surface area (Å²) in [5.41, 5.74) is 0.831. The minimum absolute atomic E-state index is 0.204. The monoisotopic (exact) mass is 318 g/mol. The highest BCUT2D eigenvalue weighted by atomic mass is 16.6. The summed E-state index contributed by atoms with van der Waals surface area (Å²) in [6, 6.07) is 8.66. The van der Waals surface area contributed by atoms with Crippen molar-refractivity contribution < 1.29 is 14.3 Å². The van der Waals surface area contributed by atoms with E-state index in [-0.39, 0.29) is 6.09 Å². The first-order valence-corrected chi connectivity index (χ1v) is 8.38. The van der Waals surface area contributed by atoms with Crippen molar-refractivity contribution in [1.82, 2.24) is 9.80 Å². The van der Waals surface area contributed by atoms with Crippen LogP contribution < -0.4 is 4.74 Å². The molecule has 23 heavy (non-hydrogen) atoms. The number of rotatable bonds is 1. The van der Waals surface area contributed by atoms with Crippen molar-refractivity contribution in [1.29, 1.82) is 0 Å². The minimum Gasteiger partial charge on any atom is -0.493 e. The molecule has 2 heterocycles. The lowest BCUT2D eigenvalue weighted by Crippen LogP contribution is -2.51. The molecule has 0 radical (unpaired) electrons. The molecule has 1 aromatic rings. The Morgan fingerprint density at radius 2 is 1.87 bits per heavy atom. The van der Waals surface area contributed by atoms with Gasteiger partial charge in [-0.1, -0.05) is 18.2 Å². The molecule has 1 saturated heterocycles. The Morgan fingerprint density at radius 1 is 1.17 bits per heavy atom. The van der Waals surface area contributed by atoms with E-state index in [2.05, 4.69) is 17.0 Å². The van der Waals surface area contributed by atoms with Gasteiger partial charge in [-0.05, 0) is 26.8 Å². The standard InChI is InChI=1S/C18H26N2O3/c1-18(2,3)23-17(21)20-11-9-19(10-12-20)15-8-13-22-16-7-5-4-6-14(15)16/h4-7,15H,8-13H2,1-3H3/t15-/m1/s1. The SMILES string of the molecule is CC(C)(C)OC(=O)N1CCN([C@@H]2CCOc3ccccc32)CC1. The topological polar surface area (TPSA) is 42.0 Å². The van der Waals surface area contributed by atoms with E-state index in [1.54, 1.807) is 0 Å². The highest BCUT2D eigenvalue weighted by molar-refractivity contribution is 5.68. The first kappa shape index (κ1) is 16.1. The molecule has 1 amide bonds. The molecule has 0 aliphatic carbocycles. The van der Waals surface area contributed by atoms with E-state index in [0.717, 1.165) is 31.9 Å². The van der Waals surface area contributed by atoms with E-state index in [0.29, 0.717) is 19.1 Å². The molecule has 0 bridgehead atoms. The van der Waals surface area contributed by atoms with Crippen LogP contribution in [-0.4, -0.2) is 54.3 Å². The van der Waals surface area contributed by atoms with Crippen molar-refractivity contribution in [2.45, 2.75) is 38.8 Å². The van der Waals surface area contributed by atoms with Crippen molar-refractivity contribution >= 4 is 6.09 Å². The number of carbonyl (C=O) groups excluding carboxylic acids is 1. The largest absolute Gasteiger partial charge is 0.493 e. The van der Waals surface area contributed by atoms with Gasteiger partial charge in [0, 0.05) is 44.2 Å². The number of carbonyl (C=O) groups is 1. The molecule has 1 fully saturated rings. The molecule has 0 N–H and O–H groups in total. The minimum atomic E-state index is -0.437. The summed E-state index contributed by atoms with van der Waals surface area (Å²) in [4.78, 5) is 16.4. The number of hydrogen-bond acceptors (Lipinski definition) is 4. The number of nitrogens with zero attached hydrogens (tertiary/aromatic N) is 2. The third-order valence-electron chi connectivity index (χ3n) is 4.33. The van der Waals surface area contributed by atoms with Crippen LogP contribution in [0.5, 0.6) is 5.75 Å². The van der Waals surface area contributed by atoms with Gasteiger partial charge in [0.05, 0.1) is 6.61 Å². The lowest BCUT2D eigenvalue weighted by Gasteiger charge is -2.41. The van der Waals surface area contributed by atoms with Gasteiger partial charge in [0.15, 0.2) is 0 Å². The Bertz CT molecular complexity index is 560. The van der Waals surface area contributed by atoms with E-state index < -0.39 is 5.60 Å². The summed E-state index contributed by atoms with van der Waals surface area (Å²) in [5, 5.41) is 0. The maximum Gasteiger partial charge on any atom is 0.410 e. The predicted molar refractivity (Wildman–Crippen MR) is 88.7 cm³/mol. The van der Waals surface area contributed by atoms with Crippen LogP contribution in [-0.2, 0) is 4.74 Å². The molecule has 0 spiro atoms. The zero-order valence-corrected chi connectivity index (χ0v) is 14.2. The number of fused-ring (bicyclic) bond motifs is 1. The average molecular weight is 318 g/mol. The molecule has 5 nitrogen and oxygen atoms in total. The van der Waals surface area contributed by atoms with Gasteiger partial charge in [0.2, 0.25) is 0 Å². The molecule has 0 aromatic heterocycles. The highest BCUT2D eigenvalue weighted by Crippen LogP contribution is 2.36. The van der Waals surface area contributed by atoms with Gasteiger partial charge < -0.3 is 14.4 Å². The van der Waals surface area contributed by atoms with Crippen molar-refractivity contribution in [3.05, 3.63) is 29.8 Å². The van der Waals surface area contributed by atoms with Crippen molar-refractivity contribution in [2.75, 3.05) is 32.8 Å². The number of benzene rings is 1. The summed E-state index contributed by atoms with van der Waals surface area (Å²) >= 11 is 0. The molecule has 126 valence electrons. The van der Waals surface area contributed by atoms with E-state index in [4.69, 9.17) is 9.47 Å². The fraction of sp³-hybridized carbons (Fsp3) is 0.611. The molecule has 0 unspecified atom stereocenters. The van der Waals surface area contributed by atoms with Crippen LogP contribution >= 0.6 is 0 Å². The lowest BCUT2D eigenvalue weighted by molar-refractivity contribution is 0.00778. The molecular weight excluding hydrogens is 292 g/mol. The van der Waals surface area contributed by atoms with E-state index in [9.17, 15) is 4.79 Å². The van der Waals surface area contributed by atoms with Crippen LogP contribution in [0.1, 0.15) is 38.8 Å². The van der Waals surface area contributed by atoms with Gasteiger partial charge in [0.25, 0.3) is 0 Å². The average Bonchev–Trinajstić information content (AvgIpc) is 2.53. The van der Waals surface area contributed by atoms with E-state index in [1.165, 1.54) is 5.56 Å². The fourth-order valence-electron chi connectivity index (χ4n) is 3.25. The van der Waals surface area contributed by atoms with Crippen LogP contribution in [0.2, 0.25) is 0 Å². The van der Waals surface area contributed by atoms with Gasteiger partial charge in [0.1, 0.15) is 11.4 Å². The first-order chi connectivity index (χ1) is 10.9. The second kappa shape index (κ2) is 6.40. The number of piperazine rings is 1. The molecule has 2 aliphatic rings. The van der Waals surface area contributed by atoms with E-state index >= 15 is 0 Å². The molecule has 3 rings (SSSR count). The first-order valence-electron chi connectivity index (χ1n) is 8.38. The third kappa shape index (κ3) is 3.78. The van der Waals surface area contributed by atoms with Gasteiger partial charge in [-0.15, -0.1) is 0 Å². The lowest BCUT2D eigenvalue weighted by atomic mass is 9.98. The molecule has 5 heteroatoms. The molecule has 0 saturated carbocycles. The van der Waals surface area contributed by atoms with Gasteiger partial charge in [-0.3, -0.25) is 4.90 Å². The van der Waals surface area contributed by atoms with Crippen molar-refractivity contribution in [3.8, 4) is 5.75 Å². The van der Waals surface area contributed by atoms with Crippen LogP contribution in [0.4, 0.5) is 4.79 Å². The number of para-hydroxylation sites is 1. The summed E-state index contributed by atoms with van der Waals surface area (Å²) in [7, 11) is 0. The van der Waals surface area contributed by atoms with Gasteiger partial charge in [-0.2, -0.15) is 0 Å². The van der Waals surface area contributed by atoms with Crippen LogP contribution in [0.15, 0.2) is 24.3 Å². The quantitative estimate of drug-likeness (QED) is 0.798. The van der Waals surface area contributed by atoms with Crippen LogP contribution in [0.3, 0.4) is 0 Å². The van der Waals surface area contributed by atoms with Crippen LogP contribution in [0, 0.1) is 0 Å². The second-order valence-corrected chi connectivity index (χ2v) is 7.19. The maximum atomic E-state index is 12.2. The molecular formula is C18H26N2O3. The summed E-state index contributed by atoms with van der Waals surface area (Å²) < 4.78 is 11.2. The van der Waals surface area contributed by atoms with E-state index in [1.807, 2.05) is 37.8 Å². The summed E-state index contributed by atoms with van der Waals surface area (Å²) in [5.74, 6) is 0.998. The number of amides is 1. The highest BCUT2D eigenvalue weighted by Gasteiger charge is 2.31. The number of hydrogen-bond donors (Lipinski definition) is 0. The third-order valence-corrected chi connectivity index (χ3v) is 4.33. The van der Waals surface area contributed by atoms with Gasteiger partial charge in [-0.25, -0.2) is 4.79 Å². The van der Waals surface area contributed by atoms with Gasteiger partial charge >= 0.3 is 6.09 Å². The predicted octanol–water partition coefficient (Wildman–Crippen LogP) is 3.06. The Labute approximate surface area is 138 Å². The second-order valence-electron chi connectivity index (χ2n) is 7.19. The number of ether oxygens (including phenoxy) is 2. The van der Waals surface area contributed by atoms with Crippen molar-refractivity contribution in [2.24, 2.45) is 0 Å². The van der Waals surface area contributed by atoms with Crippen LogP contribution in [0.25, 0.3) is 0 Å². The smallest absolute Gasteiger partial charge is 0.410 e. The zero-order chi connectivity index (χ0) is 16.4. The molecule has 1 aromatic carbocycles. The van der Waals surface area contributed by atoms with Crippen molar-refractivity contribution in [3.63, 3.8) is 0 Å². The fourth-order valence-corrected chi connectivity index (χ4v) is 3.25. The summed E-state index contributed by atoms with van der Waals surface area (Å²) in [6.45, 7) is 9.65. The molecule has 1 atom stereocenters.